The molecule has 0 unspecified atom stereocenters. The van der Waals surface area contributed by atoms with Gasteiger partial charge in [-0.3, -0.25) is 0 Å². The Morgan fingerprint density at radius 3 is 2.35 bits per heavy atom. The van der Waals surface area contributed by atoms with Gasteiger partial charge in [0.15, 0.2) is 5.65 Å². The number of aromatic nitrogens is 4. The number of anilines is 2. The lowest BCUT2D eigenvalue weighted by Gasteiger charge is -2.32. The van der Waals surface area contributed by atoms with Crippen LogP contribution in [0.4, 0.5) is 20.5 Å². The second kappa shape index (κ2) is 7.59. The summed E-state index contributed by atoms with van der Waals surface area (Å²) >= 11 is 0. The fraction of sp³-hybridized carbons (Fsp3) is 0.227. The fourth-order valence-electron chi connectivity index (χ4n) is 3.77. The summed E-state index contributed by atoms with van der Waals surface area (Å²) in [7, 11) is 2.07. The van der Waals surface area contributed by atoms with Crippen LogP contribution in [0.15, 0.2) is 48.5 Å². The topological polar surface area (TPSA) is 76.1 Å². The Hall–Kier alpha value is -3.59. The van der Waals surface area contributed by atoms with Crippen molar-refractivity contribution in [3.8, 4) is 16.9 Å². The van der Waals surface area contributed by atoms with Crippen molar-refractivity contribution in [2.45, 2.75) is 0 Å². The number of rotatable bonds is 3. The van der Waals surface area contributed by atoms with E-state index in [-0.39, 0.29) is 11.6 Å². The zero-order valence-corrected chi connectivity index (χ0v) is 17.0. The van der Waals surface area contributed by atoms with Gasteiger partial charge < -0.3 is 15.5 Å². The predicted molar refractivity (Wildman–Crippen MR) is 116 cm³/mol. The molecule has 0 amide bonds. The first-order valence-corrected chi connectivity index (χ1v) is 10.0. The molecule has 4 aromatic rings. The maximum atomic E-state index is 14.0. The van der Waals surface area contributed by atoms with Crippen molar-refractivity contribution in [2.24, 2.45) is 0 Å². The molecule has 1 fully saturated rings. The molecular formula is C22H21F2N7. The molecule has 0 radical (unpaired) electrons. The van der Waals surface area contributed by atoms with Gasteiger partial charge in [0.25, 0.3) is 0 Å². The second-order valence-electron chi connectivity index (χ2n) is 7.64. The van der Waals surface area contributed by atoms with Gasteiger partial charge in [0, 0.05) is 31.7 Å². The van der Waals surface area contributed by atoms with Crippen LogP contribution in [0.3, 0.4) is 0 Å². The highest BCUT2D eigenvalue weighted by atomic mass is 19.1. The van der Waals surface area contributed by atoms with Gasteiger partial charge in [0.05, 0.1) is 16.8 Å². The standard InChI is InChI=1S/C22H21F2N7/c1-29-9-11-30(12-10-29)22-26-19(14-3-2-4-16(24)13-14)18-20(25)31(28-21(18)27-22)17-7-5-15(23)6-8-17/h2-8,13H,9-12,25H2,1H3. The maximum absolute atomic E-state index is 14.0. The monoisotopic (exact) mass is 421 g/mol. The lowest BCUT2D eigenvalue weighted by atomic mass is 10.1. The molecule has 2 N–H and O–H groups in total. The van der Waals surface area contributed by atoms with Crippen LogP contribution in [-0.4, -0.2) is 57.9 Å². The van der Waals surface area contributed by atoms with Gasteiger partial charge in [-0.2, -0.15) is 4.98 Å². The highest BCUT2D eigenvalue weighted by molar-refractivity contribution is 5.99. The van der Waals surface area contributed by atoms with Gasteiger partial charge >= 0.3 is 0 Å². The number of nitrogen functional groups attached to an aromatic ring is 1. The molecule has 0 atom stereocenters. The van der Waals surface area contributed by atoms with Crippen LogP contribution in [0.5, 0.6) is 0 Å². The SMILES string of the molecule is CN1CCN(c2nc(-c3cccc(F)c3)c3c(N)n(-c4ccc(F)cc4)nc3n2)CC1. The van der Waals surface area contributed by atoms with Crippen molar-refractivity contribution in [1.29, 1.82) is 0 Å². The molecule has 0 bridgehead atoms. The summed E-state index contributed by atoms with van der Waals surface area (Å²) in [4.78, 5) is 13.8. The van der Waals surface area contributed by atoms with Gasteiger partial charge in [0.1, 0.15) is 17.5 Å². The van der Waals surface area contributed by atoms with Crippen LogP contribution in [0.2, 0.25) is 0 Å². The lowest BCUT2D eigenvalue weighted by Crippen LogP contribution is -2.45. The molecule has 2 aromatic heterocycles. The quantitative estimate of drug-likeness (QED) is 0.548. The van der Waals surface area contributed by atoms with Crippen LogP contribution in [-0.2, 0) is 0 Å². The minimum Gasteiger partial charge on any atom is -0.383 e. The van der Waals surface area contributed by atoms with E-state index in [4.69, 9.17) is 10.7 Å². The second-order valence-corrected chi connectivity index (χ2v) is 7.64. The average Bonchev–Trinajstić information content (AvgIpc) is 3.10. The van der Waals surface area contributed by atoms with Crippen LogP contribution in [0.25, 0.3) is 28.0 Å². The maximum Gasteiger partial charge on any atom is 0.228 e. The van der Waals surface area contributed by atoms with E-state index in [2.05, 4.69) is 26.9 Å². The summed E-state index contributed by atoms with van der Waals surface area (Å²) in [6.07, 6.45) is 0. The van der Waals surface area contributed by atoms with Crippen molar-refractivity contribution in [1.82, 2.24) is 24.6 Å². The van der Waals surface area contributed by atoms with Crippen LogP contribution < -0.4 is 10.6 Å². The van der Waals surface area contributed by atoms with E-state index in [1.165, 1.54) is 28.9 Å². The van der Waals surface area contributed by atoms with Crippen molar-refractivity contribution in [2.75, 3.05) is 43.9 Å². The molecular weight excluding hydrogens is 400 g/mol. The molecule has 1 aliphatic heterocycles. The highest BCUT2D eigenvalue weighted by Crippen LogP contribution is 2.33. The molecule has 2 aromatic carbocycles. The number of nitrogens with zero attached hydrogens (tertiary/aromatic N) is 6. The van der Waals surface area contributed by atoms with Crippen LogP contribution in [0.1, 0.15) is 0 Å². The third kappa shape index (κ3) is 3.57. The first-order chi connectivity index (χ1) is 15.0. The van der Waals surface area contributed by atoms with Crippen molar-refractivity contribution >= 4 is 22.8 Å². The van der Waals surface area contributed by atoms with Gasteiger partial charge in [-0.1, -0.05) is 12.1 Å². The molecule has 7 nitrogen and oxygen atoms in total. The molecule has 0 aliphatic carbocycles. The van der Waals surface area contributed by atoms with Crippen LogP contribution in [0, 0.1) is 11.6 Å². The first kappa shape index (κ1) is 19.4. The predicted octanol–water partition coefficient (Wildman–Crippen LogP) is 3.09. The number of hydrogen-bond acceptors (Lipinski definition) is 6. The molecule has 1 aliphatic rings. The summed E-state index contributed by atoms with van der Waals surface area (Å²) in [5.74, 6) is 0.126. The van der Waals surface area contributed by atoms with E-state index in [1.807, 2.05) is 0 Å². The number of likely N-dealkylation sites (N-methyl/N-ethyl adjacent to an activating group) is 1. The smallest absolute Gasteiger partial charge is 0.228 e. The first-order valence-electron chi connectivity index (χ1n) is 10.0. The molecule has 31 heavy (non-hydrogen) atoms. The molecule has 3 heterocycles. The Kier molecular flexibility index (Phi) is 4.74. The summed E-state index contributed by atoms with van der Waals surface area (Å²) in [5.41, 5.74) is 8.56. The van der Waals surface area contributed by atoms with E-state index in [1.54, 1.807) is 24.3 Å². The lowest BCUT2D eigenvalue weighted by molar-refractivity contribution is 0.311. The minimum atomic E-state index is -0.366. The Labute approximate surface area is 177 Å². The van der Waals surface area contributed by atoms with Crippen molar-refractivity contribution in [3.63, 3.8) is 0 Å². The summed E-state index contributed by atoms with van der Waals surface area (Å²) in [5, 5.41) is 5.11. The molecule has 0 spiro atoms. The van der Waals surface area contributed by atoms with Crippen molar-refractivity contribution in [3.05, 3.63) is 60.2 Å². The minimum absolute atomic E-state index is 0.311. The molecule has 0 saturated carbocycles. The molecule has 1 saturated heterocycles. The summed E-state index contributed by atoms with van der Waals surface area (Å²) in [6, 6.07) is 12.1. The molecule has 158 valence electrons. The third-order valence-corrected chi connectivity index (χ3v) is 5.51. The zero-order chi connectivity index (χ0) is 21.5. The van der Waals surface area contributed by atoms with Crippen LogP contribution >= 0.6 is 0 Å². The average molecular weight is 421 g/mol. The number of hydrogen-bond donors (Lipinski definition) is 1. The molecule has 9 heteroatoms. The summed E-state index contributed by atoms with van der Waals surface area (Å²) < 4.78 is 28.9. The third-order valence-electron chi connectivity index (χ3n) is 5.51. The molecule has 5 rings (SSSR count). The van der Waals surface area contributed by atoms with Crippen molar-refractivity contribution < 1.29 is 8.78 Å². The van der Waals surface area contributed by atoms with E-state index in [0.717, 1.165) is 26.2 Å². The van der Waals surface area contributed by atoms with E-state index in [0.29, 0.717) is 39.7 Å². The Balaban J connectivity index is 1.71. The number of nitrogens with two attached hydrogens (primary N) is 1. The Morgan fingerprint density at radius 2 is 1.65 bits per heavy atom. The van der Waals surface area contributed by atoms with E-state index >= 15 is 0 Å². The van der Waals surface area contributed by atoms with Gasteiger partial charge in [-0.05, 0) is 43.4 Å². The van der Waals surface area contributed by atoms with Gasteiger partial charge in [0.2, 0.25) is 5.95 Å². The number of piperazine rings is 1. The van der Waals surface area contributed by atoms with E-state index < -0.39 is 0 Å². The fourth-order valence-corrected chi connectivity index (χ4v) is 3.77. The van der Waals surface area contributed by atoms with E-state index in [9.17, 15) is 8.78 Å². The zero-order valence-electron chi connectivity index (χ0n) is 17.0. The van der Waals surface area contributed by atoms with Gasteiger partial charge in [-0.15, -0.1) is 5.10 Å². The number of fused-ring (bicyclic) bond motifs is 1. The number of benzene rings is 2. The summed E-state index contributed by atoms with van der Waals surface area (Å²) in [6.45, 7) is 3.34. The van der Waals surface area contributed by atoms with Gasteiger partial charge in [-0.25, -0.2) is 18.4 Å². The number of halogens is 2. The normalized spacial score (nSPS) is 15.0. The Bertz CT molecular complexity index is 1240. The largest absolute Gasteiger partial charge is 0.383 e. The highest BCUT2D eigenvalue weighted by Gasteiger charge is 2.23. The Morgan fingerprint density at radius 1 is 0.903 bits per heavy atom.